The van der Waals surface area contributed by atoms with Crippen LogP contribution in [-0.4, -0.2) is 38.7 Å². The van der Waals surface area contributed by atoms with Crippen LogP contribution in [0, 0.1) is 19.3 Å². The second-order valence-electron chi connectivity index (χ2n) is 6.20. The number of nitrogens with zero attached hydrogens (tertiary/aromatic N) is 4. The van der Waals surface area contributed by atoms with Crippen molar-refractivity contribution in [3.8, 4) is 12.3 Å². The Bertz CT molecular complexity index is 841. The molecule has 0 saturated carbocycles. The maximum Gasteiger partial charge on any atom is 0.435 e. The highest BCUT2D eigenvalue weighted by molar-refractivity contribution is 7.09. The van der Waals surface area contributed by atoms with Gasteiger partial charge in [-0.3, -0.25) is 9.48 Å². The molecule has 1 amide bonds. The number of hydrogen-bond donors (Lipinski definition) is 0. The molecule has 3 heterocycles. The number of piperidine rings is 1. The quantitative estimate of drug-likeness (QED) is 0.767. The van der Waals surface area contributed by atoms with E-state index in [0.717, 1.165) is 28.6 Å². The van der Waals surface area contributed by atoms with Gasteiger partial charge >= 0.3 is 6.18 Å². The first-order valence-corrected chi connectivity index (χ1v) is 8.97. The number of rotatable bonds is 3. The summed E-state index contributed by atoms with van der Waals surface area (Å²) in [6, 6.07) is 0.949. The van der Waals surface area contributed by atoms with E-state index in [1.807, 2.05) is 5.38 Å². The first kappa shape index (κ1) is 18.5. The highest BCUT2D eigenvalue weighted by Gasteiger charge is 2.35. The Morgan fingerprint density at radius 1 is 1.42 bits per heavy atom. The summed E-state index contributed by atoms with van der Waals surface area (Å²) in [5, 5.41) is 6.32. The van der Waals surface area contributed by atoms with Gasteiger partial charge in [-0.2, -0.15) is 18.3 Å². The Kier molecular flexibility index (Phi) is 5.05. The molecule has 3 rings (SSSR count). The second kappa shape index (κ2) is 7.11. The Morgan fingerprint density at radius 2 is 2.12 bits per heavy atom. The summed E-state index contributed by atoms with van der Waals surface area (Å²) >= 11 is 1.52. The number of aromatic nitrogens is 3. The molecule has 0 bridgehead atoms. The van der Waals surface area contributed by atoms with E-state index in [4.69, 9.17) is 6.42 Å². The van der Waals surface area contributed by atoms with Crippen molar-refractivity contribution in [3.05, 3.63) is 33.5 Å². The lowest BCUT2D eigenvalue weighted by molar-refractivity contribution is -0.142. The molecule has 0 spiro atoms. The normalized spacial score (nSPS) is 15.9. The molecule has 0 radical (unpaired) electrons. The monoisotopic (exact) mass is 382 g/mol. The summed E-state index contributed by atoms with van der Waals surface area (Å²) in [7, 11) is 0. The maximum atomic E-state index is 12.7. The van der Waals surface area contributed by atoms with Gasteiger partial charge in [0, 0.05) is 30.1 Å². The molecule has 9 heteroatoms. The van der Waals surface area contributed by atoms with Crippen LogP contribution in [0.5, 0.6) is 0 Å². The van der Waals surface area contributed by atoms with Crippen LogP contribution < -0.4 is 0 Å². The highest BCUT2D eigenvalue weighted by atomic mass is 32.1. The zero-order chi connectivity index (χ0) is 18.9. The van der Waals surface area contributed by atoms with Crippen LogP contribution in [0.25, 0.3) is 0 Å². The van der Waals surface area contributed by atoms with E-state index < -0.39 is 11.9 Å². The number of carbonyl (C=O) groups is 1. The van der Waals surface area contributed by atoms with E-state index in [0.29, 0.717) is 24.5 Å². The van der Waals surface area contributed by atoms with Gasteiger partial charge in [-0.05, 0) is 31.8 Å². The van der Waals surface area contributed by atoms with Crippen molar-refractivity contribution in [2.24, 2.45) is 0 Å². The number of likely N-dealkylation sites (tertiary alicyclic amines) is 1. The summed E-state index contributed by atoms with van der Waals surface area (Å²) < 4.78 is 39.3. The third-order valence-electron chi connectivity index (χ3n) is 4.42. The molecule has 0 unspecified atom stereocenters. The SMILES string of the molecule is C#Cc1csc(C2CCN(C(=O)Cn3nc(C(F)(F)F)cc3C)CC2)n1. The minimum atomic E-state index is -4.51. The van der Waals surface area contributed by atoms with Gasteiger partial charge in [-0.25, -0.2) is 4.98 Å². The van der Waals surface area contributed by atoms with Crippen molar-refractivity contribution in [1.82, 2.24) is 19.7 Å². The van der Waals surface area contributed by atoms with Gasteiger partial charge in [0.15, 0.2) is 5.69 Å². The standard InChI is InChI=1S/C17H17F3N4OS/c1-3-13-10-26-16(21-13)12-4-6-23(7-5-12)15(25)9-24-11(2)8-14(22-24)17(18,19)20/h1,8,10,12H,4-7,9H2,2H3. The van der Waals surface area contributed by atoms with Gasteiger partial charge < -0.3 is 4.90 Å². The molecule has 2 aromatic heterocycles. The molecule has 1 saturated heterocycles. The fraction of sp³-hybridized carbons (Fsp3) is 0.471. The van der Waals surface area contributed by atoms with Crippen LogP contribution in [0.3, 0.4) is 0 Å². The van der Waals surface area contributed by atoms with Crippen molar-refractivity contribution in [3.63, 3.8) is 0 Å². The smallest absolute Gasteiger partial charge is 0.341 e. The fourth-order valence-electron chi connectivity index (χ4n) is 2.95. The molecule has 1 aliphatic rings. The Balaban J connectivity index is 1.59. The van der Waals surface area contributed by atoms with E-state index >= 15 is 0 Å². The number of thiazole rings is 1. The Hall–Kier alpha value is -2.34. The van der Waals surface area contributed by atoms with E-state index in [9.17, 15) is 18.0 Å². The highest BCUT2D eigenvalue weighted by Crippen LogP contribution is 2.31. The number of alkyl halides is 3. The van der Waals surface area contributed by atoms with Crippen LogP contribution in [0.2, 0.25) is 0 Å². The number of halogens is 3. The molecule has 0 aromatic carbocycles. The van der Waals surface area contributed by atoms with Gasteiger partial charge in [0.25, 0.3) is 0 Å². The van der Waals surface area contributed by atoms with Gasteiger partial charge in [0.2, 0.25) is 5.91 Å². The zero-order valence-electron chi connectivity index (χ0n) is 14.1. The minimum absolute atomic E-state index is 0.189. The van der Waals surface area contributed by atoms with Gasteiger partial charge in [0.1, 0.15) is 12.2 Å². The molecule has 26 heavy (non-hydrogen) atoms. The number of terminal acetylenes is 1. The molecular weight excluding hydrogens is 365 g/mol. The number of carbonyl (C=O) groups excluding carboxylic acids is 1. The van der Waals surface area contributed by atoms with Crippen LogP contribution >= 0.6 is 11.3 Å². The first-order valence-electron chi connectivity index (χ1n) is 8.09. The van der Waals surface area contributed by atoms with Crippen molar-refractivity contribution >= 4 is 17.2 Å². The molecule has 2 aromatic rings. The second-order valence-corrected chi connectivity index (χ2v) is 7.09. The van der Waals surface area contributed by atoms with E-state index in [2.05, 4.69) is 16.0 Å². The fourth-order valence-corrected chi connectivity index (χ4v) is 3.89. The average Bonchev–Trinajstić information content (AvgIpc) is 3.22. The Morgan fingerprint density at radius 3 is 2.65 bits per heavy atom. The summed E-state index contributed by atoms with van der Waals surface area (Å²) in [6.07, 6.45) is 2.34. The van der Waals surface area contributed by atoms with Crippen molar-refractivity contribution in [2.45, 2.75) is 38.4 Å². The van der Waals surface area contributed by atoms with Crippen molar-refractivity contribution < 1.29 is 18.0 Å². The number of hydrogen-bond acceptors (Lipinski definition) is 4. The summed E-state index contributed by atoms with van der Waals surface area (Å²) in [5.74, 6) is 2.53. The summed E-state index contributed by atoms with van der Waals surface area (Å²) in [5.41, 5.74) is -0.0436. The maximum absolute atomic E-state index is 12.7. The van der Waals surface area contributed by atoms with E-state index in [1.54, 1.807) is 4.90 Å². The molecule has 138 valence electrons. The lowest BCUT2D eigenvalue weighted by Crippen LogP contribution is -2.40. The lowest BCUT2D eigenvalue weighted by Gasteiger charge is -2.31. The molecule has 0 N–H and O–H groups in total. The zero-order valence-corrected chi connectivity index (χ0v) is 14.9. The Labute approximate surface area is 152 Å². The molecule has 1 aliphatic heterocycles. The molecule has 0 atom stereocenters. The topological polar surface area (TPSA) is 51.0 Å². The third kappa shape index (κ3) is 3.90. The summed E-state index contributed by atoms with van der Waals surface area (Å²) in [4.78, 5) is 18.5. The predicted molar refractivity (Wildman–Crippen MR) is 90.6 cm³/mol. The molecule has 5 nitrogen and oxygen atoms in total. The van der Waals surface area contributed by atoms with E-state index in [1.165, 1.54) is 18.3 Å². The predicted octanol–water partition coefficient (Wildman–Crippen LogP) is 3.05. The molecular formula is C17H17F3N4OS. The van der Waals surface area contributed by atoms with Gasteiger partial charge in [-0.1, -0.05) is 0 Å². The third-order valence-corrected chi connectivity index (χ3v) is 5.43. The number of amides is 1. The lowest BCUT2D eigenvalue weighted by atomic mass is 9.97. The van der Waals surface area contributed by atoms with Crippen molar-refractivity contribution in [1.29, 1.82) is 0 Å². The largest absolute Gasteiger partial charge is 0.435 e. The molecule has 0 aliphatic carbocycles. The van der Waals surface area contributed by atoms with Gasteiger partial charge in [0.05, 0.1) is 5.01 Å². The van der Waals surface area contributed by atoms with Crippen LogP contribution in [-0.2, 0) is 17.5 Å². The average molecular weight is 382 g/mol. The summed E-state index contributed by atoms with van der Waals surface area (Å²) in [6.45, 7) is 2.40. The van der Waals surface area contributed by atoms with Crippen LogP contribution in [0.1, 0.15) is 40.8 Å². The number of aryl methyl sites for hydroxylation is 1. The van der Waals surface area contributed by atoms with E-state index in [-0.39, 0.29) is 18.4 Å². The van der Waals surface area contributed by atoms with Gasteiger partial charge in [-0.15, -0.1) is 17.8 Å². The minimum Gasteiger partial charge on any atom is -0.341 e. The van der Waals surface area contributed by atoms with Crippen LogP contribution in [0.4, 0.5) is 13.2 Å². The van der Waals surface area contributed by atoms with Crippen LogP contribution in [0.15, 0.2) is 11.4 Å². The first-order chi connectivity index (χ1) is 12.3. The molecule has 1 fully saturated rings. The van der Waals surface area contributed by atoms with Crippen molar-refractivity contribution in [2.75, 3.05) is 13.1 Å².